The van der Waals surface area contributed by atoms with E-state index in [0.29, 0.717) is 30.4 Å². The largest absolute Gasteiger partial charge is 0.322 e. The molecule has 0 fully saturated rings. The minimum absolute atomic E-state index is 0.136. The maximum absolute atomic E-state index is 13.9. The Bertz CT molecular complexity index is 1670. The molecular formula is C34H40N6O. The van der Waals surface area contributed by atoms with Crippen LogP contribution < -0.4 is 5.56 Å². The molecule has 5 aromatic rings. The maximum Gasteiger partial charge on any atom is 0.253 e. The standard InChI is InChI=1S/C34H40N6O/c1-7-34(5,6)40-32(36-37-38-40)31(29-20-28-19-24(4)13-18-30(28)35-33(29)41)39(21-25-11-9-8-10-12-25)22-26-14-16-27(17-15-26)23(2)3/h8-20,23,31H,7,21-22H2,1-6H3,(H,35,41). The van der Waals surface area contributed by atoms with Crippen molar-refractivity contribution >= 4 is 10.9 Å². The Morgan fingerprint density at radius 1 is 0.927 bits per heavy atom. The van der Waals surface area contributed by atoms with Crippen LogP contribution in [0.4, 0.5) is 0 Å². The fraction of sp³-hybridized carbons (Fsp3) is 0.353. The maximum atomic E-state index is 13.9. The van der Waals surface area contributed by atoms with E-state index in [-0.39, 0.29) is 11.1 Å². The molecule has 0 amide bonds. The lowest BCUT2D eigenvalue weighted by Gasteiger charge is -2.33. The van der Waals surface area contributed by atoms with Crippen LogP contribution in [0, 0.1) is 6.92 Å². The number of H-pyrrole nitrogens is 1. The summed E-state index contributed by atoms with van der Waals surface area (Å²) in [6, 6.07) is 26.8. The Morgan fingerprint density at radius 2 is 1.61 bits per heavy atom. The molecule has 0 bridgehead atoms. The van der Waals surface area contributed by atoms with Crippen molar-refractivity contribution in [3.8, 4) is 0 Å². The highest BCUT2D eigenvalue weighted by atomic mass is 16.1. The monoisotopic (exact) mass is 548 g/mol. The lowest BCUT2D eigenvalue weighted by Crippen LogP contribution is -2.38. The van der Waals surface area contributed by atoms with E-state index in [2.05, 4.69) is 122 Å². The van der Waals surface area contributed by atoms with Gasteiger partial charge in [0.05, 0.1) is 5.54 Å². The molecule has 0 aliphatic carbocycles. The van der Waals surface area contributed by atoms with Crippen LogP contribution in [-0.2, 0) is 18.6 Å². The van der Waals surface area contributed by atoms with Gasteiger partial charge in [0.1, 0.15) is 6.04 Å². The topological polar surface area (TPSA) is 79.7 Å². The predicted molar refractivity (Wildman–Crippen MR) is 165 cm³/mol. The van der Waals surface area contributed by atoms with Crippen LogP contribution in [0.1, 0.15) is 86.6 Å². The summed E-state index contributed by atoms with van der Waals surface area (Å²) in [4.78, 5) is 19.3. The first-order valence-electron chi connectivity index (χ1n) is 14.5. The van der Waals surface area contributed by atoms with E-state index < -0.39 is 6.04 Å². The first-order valence-corrected chi connectivity index (χ1v) is 14.5. The molecule has 1 N–H and O–H groups in total. The molecule has 2 aromatic heterocycles. The second-order valence-electron chi connectivity index (χ2n) is 11.9. The van der Waals surface area contributed by atoms with Crippen LogP contribution >= 0.6 is 0 Å². The van der Waals surface area contributed by atoms with E-state index in [1.807, 2.05) is 28.9 Å². The van der Waals surface area contributed by atoms with Crippen LogP contribution in [0.3, 0.4) is 0 Å². The van der Waals surface area contributed by atoms with Gasteiger partial charge in [0.15, 0.2) is 5.82 Å². The minimum Gasteiger partial charge on any atom is -0.322 e. The number of nitrogens with one attached hydrogen (secondary N) is 1. The highest BCUT2D eigenvalue weighted by molar-refractivity contribution is 5.79. The van der Waals surface area contributed by atoms with E-state index in [0.717, 1.165) is 34.0 Å². The molecule has 0 saturated carbocycles. The quantitative estimate of drug-likeness (QED) is 0.206. The highest BCUT2D eigenvalue weighted by Gasteiger charge is 2.34. The average molecular weight is 549 g/mol. The SMILES string of the molecule is CCC(C)(C)n1nnnc1C(c1cc2cc(C)ccc2[nH]c1=O)N(Cc1ccccc1)Cc1ccc(C(C)C)cc1. The fourth-order valence-corrected chi connectivity index (χ4v) is 5.29. The van der Waals surface area contributed by atoms with Crippen molar-refractivity contribution < 1.29 is 0 Å². The third-order valence-corrected chi connectivity index (χ3v) is 8.13. The number of hydrogen-bond donors (Lipinski definition) is 1. The Balaban J connectivity index is 1.72. The predicted octanol–water partition coefficient (Wildman–Crippen LogP) is 6.88. The van der Waals surface area contributed by atoms with Crippen LogP contribution in [0.15, 0.2) is 83.7 Å². The van der Waals surface area contributed by atoms with Gasteiger partial charge >= 0.3 is 0 Å². The summed E-state index contributed by atoms with van der Waals surface area (Å²) in [5, 5.41) is 14.2. The number of hydrogen-bond acceptors (Lipinski definition) is 5. The third kappa shape index (κ3) is 6.15. The second-order valence-corrected chi connectivity index (χ2v) is 11.9. The molecule has 212 valence electrons. The molecule has 0 saturated heterocycles. The van der Waals surface area contributed by atoms with Crippen molar-refractivity contribution in [3.63, 3.8) is 0 Å². The van der Waals surface area contributed by atoms with Gasteiger partial charge in [0.2, 0.25) is 0 Å². The normalized spacial score (nSPS) is 12.9. The molecule has 7 heteroatoms. The zero-order valence-electron chi connectivity index (χ0n) is 24.9. The zero-order chi connectivity index (χ0) is 29.1. The zero-order valence-corrected chi connectivity index (χ0v) is 24.9. The lowest BCUT2D eigenvalue weighted by atomic mass is 9.97. The number of benzene rings is 3. The number of fused-ring (bicyclic) bond motifs is 1. The third-order valence-electron chi connectivity index (χ3n) is 8.13. The number of nitrogens with zero attached hydrogens (tertiary/aromatic N) is 5. The van der Waals surface area contributed by atoms with Crippen LogP contribution in [-0.4, -0.2) is 30.1 Å². The van der Waals surface area contributed by atoms with Crippen molar-refractivity contribution in [2.75, 3.05) is 0 Å². The summed E-state index contributed by atoms with van der Waals surface area (Å²) in [6.45, 7) is 14.1. The lowest BCUT2D eigenvalue weighted by molar-refractivity contribution is 0.180. The van der Waals surface area contributed by atoms with Crippen molar-refractivity contribution in [3.05, 3.63) is 123 Å². The van der Waals surface area contributed by atoms with Crippen LogP contribution in [0.5, 0.6) is 0 Å². The Hall–Kier alpha value is -4.10. The van der Waals surface area contributed by atoms with Crippen molar-refractivity contribution in [2.24, 2.45) is 0 Å². The molecule has 0 aliphatic rings. The Kier molecular flexibility index (Phi) is 8.18. The fourth-order valence-electron chi connectivity index (χ4n) is 5.29. The second kappa shape index (κ2) is 11.8. The molecule has 2 heterocycles. The number of aryl methyl sites for hydroxylation is 1. The van der Waals surface area contributed by atoms with E-state index in [1.165, 1.54) is 5.56 Å². The molecule has 3 aromatic carbocycles. The summed E-state index contributed by atoms with van der Waals surface area (Å²) in [7, 11) is 0. The first-order chi connectivity index (χ1) is 19.7. The summed E-state index contributed by atoms with van der Waals surface area (Å²) >= 11 is 0. The molecule has 1 atom stereocenters. The summed E-state index contributed by atoms with van der Waals surface area (Å²) in [5.74, 6) is 1.11. The molecule has 0 aliphatic heterocycles. The molecule has 0 radical (unpaired) electrons. The van der Waals surface area contributed by atoms with Gasteiger partial charge in [-0.2, -0.15) is 0 Å². The van der Waals surface area contributed by atoms with E-state index >= 15 is 0 Å². The first kappa shape index (κ1) is 28.4. The van der Waals surface area contributed by atoms with Gasteiger partial charge in [0.25, 0.3) is 5.56 Å². The van der Waals surface area contributed by atoms with Gasteiger partial charge in [-0.05, 0) is 83.8 Å². The van der Waals surface area contributed by atoms with Crippen molar-refractivity contribution in [1.29, 1.82) is 0 Å². The van der Waals surface area contributed by atoms with E-state index in [9.17, 15) is 4.79 Å². The van der Waals surface area contributed by atoms with Gasteiger partial charge in [-0.25, -0.2) is 4.68 Å². The summed E-state index contributed by atoms with van der Waals surface area (Å²) in [6.07, 6.45) is 0.834. The number of rotatable bonds is 10. The average Bonchev–Trinajstić information content (AvgIpc) is 3.45. The number of aromatic nitrogens is 5. The molecule has 5 rings (SSSR count). The van der Waals surface area contributed by atoms with Gasteiger partial charge in [-0.1, -0.05) is 87.0 Å². The van der Waals surface area contributed by atoms with Gasteiger partial charge in [-0.3, -0.25) is 9.69 Å². The molecular weight excluding hydrogens is 508 g/mol. The van der Waals surface area contributed by atoms with Crippen LogP contribution in [0.25, 0.3) is 10.9 Å². The minimum atomic E-state index is -0.491. The van der Waals surface area contributed by atoms with Gasteiger partial charge < -0.3 is 4.98 Å². The van der Waals surface area contributed by atoms with Gasteiger partial charge in [0, 0.05) is 24.2 Å². The summed E-state index contributed by atoms with van der Waals surface area (Å²) < 4.78 is 1.90. The number of pyridine rings is 1. The molecule has 0 spiro atoms. The summed E-state index contributed by atoms with van der Waals surface area (Å²) in [5.41, 5.74) is 5.72. The van der Waals surface area contributed by atoms with Gasteiger partial charge in [-0.15, -0.1) is 5.10 Å². The van der Waals surface area contributed by atoms with E-state index in [1.54, 1.807) is 0 Å². The Labute approximate surface area is 242 Å². The number of aromatic amines is 1. The number of tetrazole rings is 1. The molecule has 7 nitrogen and oxygen atoms in total. The smallest absolute Gasteiger partial charge is 0.253 e. The molecule has 1 unspecified atom stereocenters. The van der Waals surface area contributed by atoms with E-state index in [4.69, 9.17) is 0 Å². The van der Waals surface area contributed by atoms with Crippen molar-refractivity contribution in [1.82, 2.24) is 30.1 Å². The van der Waals surface area contributed by atoms with Crippen LogP contribution in [0.2, 0.25) is 0 Å². The highest BCUT2D eigenvalue weighted by Crippen LogP contribution is 2.33. The van der Waals surface area contributed by atoms with Crippen molar-refractivity contribution in [2.45, 2.75) is 78.6 Å². The Morgan fingerprint density at radius 3 is 2.27 bits per heavy atom. The molecule has 41 heavy (non-hydrogen) atoms.